The van der Waals surface area contributed by atoms with E-state index in [4.69, 9.17) is 17.3 Å². The van der Waals surface area contributed by atoms with Gasteiger partial charge in [-0.25, -0.2) is 4.68 Å². The van der Waals surface area contributed by atoms with Crippen molar-refractivity contribution in [3.63, 3.8) is 0 Å². The zero-order valence-corrected chi connectivity index (χ0v) is 11.5. The Morgan fingerprint density at radius 2 is 2.00 bits per heavy atom. The van der Waals surface area contributed by atoms with Gasteiger partial charge in [0.25, 0.3) is 0 Å². The van der Waals surface area contributed by atoms with Crippen molar-refractivity contribution in [2.45, 2.75) is 42.0 Å². The fraction of sp³-hybridized carbons (Fsp3) is 0.556. The van der Waals surface area contributed by atoms with Crippen LogP contribution in [0.25, 0.3) is 0 Å². The topological polar surface area (TPSA) is 108 Å². The van der Waals surface area contributed by atoms with E-state index in [2.05, 4.69) is 30.5 Å². The first kappa shape index (κ1) is 12.5. The first-order chi connectivity index (χ1) is 9.22. The highest BCUT2D eigenvalue weighted by molar-refractivity contribution is 7.99. The summed E-state index contributed by atoms with van der Waals surface area (Å²) in [5.74, 6) is 0.0855. The highest BCUT2D eigenvalue weighted by Crippen LogP contribution is 2.32. The van der Waals surface area contributed by atoms with Gasteiger partial charge < -0.3 is 5.73 Å². The molecule has 2 N–H and O–H groups in total. The highest BCUT2D eigenvalue weighted by atomic mass is 35.5. The summed E-state index contributed by atoms with van der Waals surface area (Å²) in [5, 5.41) is 12.9. The number of aromatic nitrogens is 7. The molecule has 0 amide bonds. The average molecular weight is 299 g/mol. The molecule has 0 radical (unpaired) electrons. The second-order valence-corrected chi connectivity index (χ2v) is 5.46. The van der Waals surface area contributed by atoms with E-state index in [9.17, 15) is 0 Å². The Morgan fingerprint density at radius 3 is 2.74 bits per heavy atom. The summed E-state index contributed by atoms with van der Waals surface area (Å²) in [7, 11) is 0. The molecule has 2 aromatic heterocycles. The van der Waals surface area contributed by atoms with Crippen LogP contribution in [-0.4, -0.2) is 35.2 Å². The quantitative estimate of drug-likeness (QED) is 0.904. The van der Waals surface area contributed by atoms with Gasteiger partial charge in [-0.1, -0.05) is 12.8 Å². The van der Waals surface area contributed by atoms with Gasteiger partial charge in [-0.3, -0.25) is 0 Å². The van der Waals surface area contributed by atoms with Crippen molar-refractivity contribution in [1.82, 2.24) is 35.2 Å². The maximum Gasteiger partial charge on any atom is 0.228 e. The Labute approximate surface area is 118 Å². The Kier molecular flexibility index (Phi) is 3.47. The summed E-state index contributed by atoms with van der Waals surface area (Å²) in [4.78, 5) is 11.7. The van der Waals surface area contributed by atoms with E-state index in [1.807, 2.05) is 4.68 Å². The van der Waals surface area contributed by atoms with Gasteiger partial charge in [0, 0.05) is 0 Å². The lowest BCUT2D eigenvalue weighted by atomic mass is 10.3. The monoisotopic (exact) mass is 298 g/mol. The molecule has 3 rings (SSSR count). The number of anilines is 1. The second-order valence-electron chi connectivity index (χ2n) is 4.19. The molecular formula is C9H11ClN8S. The molecule has 0 saturated heterocycles. The van der Waals surface area contributed by atoms with Crippen molar-refractivity contribution in [2.75, 3.05) is 5.73 Å². The van der Waals surface area contributed by atoms with Gasteiger partial charge in [0.2, 0.25) is 21.5 Å². The van der Waals surface area contributed by atoms with Gasteiger partial charge >= 0.3 is 0 Å². The zero-order chi connectivity index (χ0) is 13.2. The molecule has 0 aromatic carbocycles. The molecule has 19 heavy (non-hydrogen) atoms. The molecule has 1 aliphatic rings. The van der Waals surface area contributed by atoms with E-state index in [0.717, 1.165) is 12.8 Å². The van der Waals surface area contributed by atoms with Gasteiger partial charge in [0.05, 0.1) is 6.04 Å². The van der Waals surface area contributed by atoms with E-state index in [1.165, 1.54) is 24.6 Å². The molecule has 0 aliphatic heterocycles. The molecule has 2 aromatic rings. The molecule has 1 fully saturated rings. The molecule has 0 atom stereocenters. The predicted octanol–water partition coefficient (Wildman–Crippen LogP) is 1.36. The molecule has 0 bridgehead atoms. The first-order valence-corrected chi connectivity index (χ1v) is 7.04. The number of nitrogen functional groups attached to an aromatic ring is 1. The van der Waals surface area contributed by atoms with E-state index in [-0.39, 0.29) is 11.2 Å². The Morgan fingerprint density at radius 1 is 1.21 bits per heavy atom. The number of nitrogens with zero attached hydrogens (tertiary/aromatic N) is 7. The Bertz CT molecular complexity index is 561. The maximum atomic E-state index is 5.74. The SMILES string of the molecule is Nc1nc(Cl)nc(Sc2nnnn2C2CCCC2)n1. The normalized spacial score (nSPS) is 16.1. The predicted molar refractivity (Wildman–Crippen MR) is 68.7 cm³/mol. The van der Waals surface area contributed by atoms with Crippen LogP contribution in [0.1, 0.15) is 31.7 Å². The van der Waals surface area contributed by atoms with Crippen LogP contribution in [-0.2, 0) is 0 Å². The number of halogens is 1. The number of hydrogen-bond acceptors (Lipinski definition) is 8. The number of tetrazole rings is 1. The molecule has 1 saturated carbocycles. The highest BCUT2D eigenvalue weighted by Gasteiger charge is 2.22. The zero-order valence-electron chi connectivity index (χ0n) is 9.90. The smallest absolute Gasteiger partial charge is 0.228 e. The average Bonchev–Trinajstić information content (AvgIpc) is 2.96. The minimum atomic E-state index is 0.0647. The van der Waals surface area contributed by atoms with Crippen LogP contribution >= 0.6 is 23.4 Å². The number of nitrogens with two attached hydrogens (primary N) is 1. The van der Waals surface area contributed by atoms with Gasteiger partial charge in [-0.2, -0.15) is 15.0 Å². The Balaban J connectivity index is 1.85. The van der Waals surface area contributed by atoms with Crippen molar-refractivity contribution in [2.24, 2.45) is 0 Å². The van der Waals surface area contributed by atoms with Crippen LogP contribution in [0.4, 0.5) is 5.95 Å². The lowest BCUT2D eigenvalue weighted by Crippen LogP contribution is -2.08. The fourth-order valence-electron chi connectivity index (χ4n) is 2.10. The second kappa shape index (κ2) is 5.25. The third kappa shape index (κ3) is 2.76. The summed E-state index contributed by atoms with van der Waals surface area (Å²) >= 11 is 6.98. The molecular weight excluding hydrogens is 288 g/mol. The summed E-state index contributed by atoms with van der Waals surface area (Å²) in [6.45, 7) is 0. The summed E-state index contributed by atoms with van der Waals surface area (Å²) in [6, 6.07) is 0.354. The molecule has 2 heterocycles. The van der Waals surface area contributed by atoms with Gasteiger partial charge in [0.1, 0.15) is 0 Å². The molecule has 0 spiro atoms. The minimum Gasteiger partial charge on any atom is -0.368 e. The fourth-order valence-corrected chi connectivity index (χ4v) is 3.11. The molecule has 10 heteroatoms. The van der Waals surface area contributed by atoms with Crippen molar-refractivity contribution >= 4 is 29.3 Å². The van der Waals surface area contributed by atoms with Gasteiger partial charge in [-0.05, 0) is 46.6 Å². The number of rotatable bonds is 3. The molecule has 1 aliphatic carbocycles. The first-order valence-electron chi connectivity index (χ1n) is 5.85. The van der Waals surface area contributed by atoms with Crippen LogP contribution in [0.3, 0.4) is 0 Å². The lowest BCUT2D eigenvalue weighted by Gasteiger charge is -2.10. The minimum absolute atomic E-state index is 0.0647. The van der Waals surface area contributed by atoms with Gasteiger partial charge in [0.15, 0.2) is 0 Å². The molecule has 8 nitrogen and oxygen atoms in total. The summed E-state index contributed by atoms with van der Waals surface area (Å²) in [6.07, 6.45) is 4.61. The van der Waals surface area contributed by atoms with E-state index in [0.29, 0.717) is 16.4 Å². The van der Waals surface area contributed by atoms with Crippen LogP contribution in [0.15, 0.2) is 10.3 Å². The van der Waals surface area contributed by atoms with Crippen LogP contribution in [0.2, 0.25) is 5.28 Å². The summed E-state index contributed by atoms with van der Waals surface area (Å²) < 4.78 is 1.82. The largest absolute Gasteiger partial charge is 0.368 e. The van der Waals surface area contributed by atoms with Gasteiger partial charge in [-0.15, -0.1) is 5.10 Å². The molecule has 100 valence electrons. The Hall–Kier alpha value is -1.48. The number of hydrogen-bond donors (Lipinski definition) is 1. The third-order valence-corrected chi connectivity index (χ3v) is 3.91. The standard InChI is InChI=1S/C9H11ClN8S/c10-6-12-7(11)14-8(13-6)19-9-15-16-17-18(9)5-3-1-2-4-5/h5H,1-4H2,(H2,11,12,13,14). The third-order valence-electron chi connectivity index (χ3n) is 2.92. The lowest BCUT2D eigenvalue weighted by molar-refractivity contribution is 0.423. The van der Waals surface area contributed by atoms with Crippen molar-refractivity contribution in [1.29, 1.82) is 0 Å². The van der Waals surface area contributed by atoms with E-state index < -0.39 is 0 Å². The maximum absolute atomic E-state index is 5.74. The van der Waals surface area contributed by atoms with Crippen molar-refractivity contribution in [3.8, 4) is 0 Å². The van der Waals surface area contributed by atoms with Crippen molar-refractivity contribution < 1.29 is 0 Å². The summed E-state index contributed by atoms with van der Waals surface area (Å²) in [5.41, 5.74) is 5.53. The van der Waals surface area contributed by atoms with Crippen LogP contribution in [0, 0.1) is 0 Å². The molecule has 0 unspecified atom stereocenters. The van der Waals surface area contributed by atoms with Crippen LogP contribution < -0.4 is 5.73 Å². The van der Waals surface area contributed by atoms with Crippen molar-refractivity contribution in [3.05, 3.63) is 5.28 Å². The van der Waals surface area contributed by atoms with E-state index >= 15 is 0 Å². The van der Waals surface area contributed by atoms with Crippen LogP contribution in [0.5, 0.6) is 0 Å². The van der Waals surface area contributed by atoms with E-state index in [1.54, 1.807) is 0 Å².